The summed E-state index contributed by atoms with van der Waals surface area (Å²) in [5.74, 6) is -9.31. The first-order valence-corrected chi connectivity index (χ1v) is 35.2. The van der Waals surface area contributed by atoms with Gasteiger partial charge in [-0.25, -0.2) is 0 Å². The highest BCUT2D eigenvalue weighted by atomic mass is 35.5. The number of carbonyl (C=O) groups excluding carboxylic acids is 12. The molecular weight excluding hydrogens is 1280 g/mol. The molecule has 1 aromatic rings. The minimum absolute atomic E-state index is 0.0187. The Balaban J connectivity index is 1.40. The fourth-order valence-electron chi connectivity index (χ4n) is 14.4. The first kappa shape index (κ1) is 78.9. The number of aryl methyl sites for hydroxylation is 1. The largest absolute Gasteiger partial charge is 0.417 e. The van der Waals surface area contributed by atoms with E-state index in [2.05, 4.69) is 21.3 Å². The maximum Gasteiger partial charge on any atom is 0.417 e. The lowest BCUT2D eigenvalue weighted by molar-refractivity contribution is -0.150. The van der Waals surface area contributed by atoms with Crippen molar-refractivity contribution in [2.24, 2.45) is 23.7 Å². The molecule has 5 aliphatic rings. The average molecular weight is 1390 g/mol. The van der Waals surface area contributed by atoms with Crippen molar-refractivity contribution in [3.05, 3.63) is 34.3 Å². The molecular formula is C69H106ClF3N12O12. The number of likely N-dealkylation sites (tertiary alicyclic amines) is 1. The number of hydrogen-bond donors (Lipinski definition) is 4. The van der Waals surface area contributed by atoms with Crippen molar-refractivity contribution in [2.75, 3.05) is 81.6 Å². The summed E-state index contributed by atoms with van der Waals surface area (Å²) in [6, 6.07) is -5.73. The highest BCUT2D eigenvalue weighted by Gasteiger charge is 2.50. The molecule has 542 valence electrons. The predicted octanol–water partition coefficient (Wildman–Crippen LogP) is 5.16. The number of fused-ring (bicyclic) bond motifs is 1. The molecule has 2 saturated carbocycles. The summed E-state index contributed by atoms with van der Waals surface area (Å²) in [5, 5.41) is 10.9. The number of alkyl halides is 3. The van der Waals surface area contributed by atoms with Gasteiger partial charge in [-0.2, -0.15) is 13.2 Å². The van der Waals surface area contributed by atoms with Gasteiger partial charge < -0.3 is 60.5 Å². The van der Waals surface area contributed by atoms with Crippen LogP contribution in [0.2, 0.25) is 5.02 Å². The fourth-order valence-corrected chi connectivity index (χ4v) is 14.7. The van der Waals surface area contributed by atoms with Crippen LogP contribution in [0.15, 0.2) is 18.2 Å². The van der Waals surface area contributed by atoms with Crippen molar-refractivity contribution in [3.8, 4) is 0 Å². The molecule has 24 nitrogen and oxygen atoms in total. The maximum atomic E-state index is 15.3. The predicted molar refractivity (Wildman–Crippen MR) is 357 cm³/mol. The van der Waals surface area contributed by atoms with E-state index in [1.165, 1.54) is 68.0 Å². The zero-order valence-electron chi connectivity index (χ0n) is 59.0. The first-order chi connectivity index (χ1) is 45.6. The molecule has 0 radical (unpaired) electrons. The second-order valence-electron chi connectivity index (χ2n) is 28.6. The molecule has 6 rings (SSSR count). The van der Waals surface area contributed by atoms with Crippen LogP contribution < -0.4 is 21.3 Å². The van der Waals surface area contributed by atoms with Gasteiger partial charge in [0.15, 0.2) is 0 Å². The van der Waals surface area contributed by atoms with Crippen molar-refractivity contribution >= 4 is 82.5 Å². The van der Waals surface area contributed by atoms with Crippen LogP contribution in [-0.2, 0) is 70.1 Å². The summed E-state index contributed by atoms with van der Waals surface area (Å²) in [7, 11) is 8.40. The molecule has 97 heavy (non-hydrogen) atoms. The summed E-state index contributed by atoms with van der Waals surface area (Å²) >= 11 is 6.13. The van der Waals surface area contributed by atoms with Crippen LogP contribution in [0, 0.1) is 23.7 Å². The molecule has 3 saturated heterocycles. The van der Waals surface area contributed by atoms with Gasteiger partial charge in [0.05, 0.1) is 36.6 Å². The van der Waals surface area contributed by atoms with Gasteiger partial charge in [-0.3, -0.25) is 57.5 Å². The monoisotopic (exact) mass is 1390 g/mol. The number of carbonyl (C=O) groups is 12. The summed E-state index contributed by atoms with van der Waals surface area (Å²) in [6.45, 7) is 9.77. The topological polar surface area (TPSA) is 279 Å². The normalized spacial score (nSPS) is 26.2. The van der Waals surface area contributed by atoms with Crippen LogP contribution in [0.5, 0.6) is 0 Å². The molecule has 12 amide bonds. The molecule has 1 aromatic carbocycles. The molecule has 1 unspecified atom stereocenters. The zero-order chi connectivity index (χ0) is 72.0. The Morgan fingerprint density at radius 2 is 1.25 bits per heavy atom. The molecule has 4 N–H and O–H groups in total. The minimum atomic E-state index is -4.76. The molecule has 3 aliphatic heterocycles. The van der Waals surface area contributed by atoms with Gasteiger partial charge in [0, 0.05) is 61.9 Å². The van der Waals surface area contributed by atoms with Crippen molar-refractivity contribution in [2.45, 2.75) is 224 Å². The first-order valence-electron chi connectivity index (χ1n) is 34.8. The molecule has 0 bridgehead atoms. The number of likely N-dealkylation sites (N-methyl/N-ethyl adjacent to an activating group) is 6. The number of halogens is 4. The third kappa shape index (κ3) is 20.5. The Kier molecular flexibility index (Phi) is 28.6. The van der Waals surface area contributed by atoms with Gasteiger partial charge in [-0.15, -0.1) is 0 Å². The molecule has 1 spiro atoms. The number of hydrogen-bond acceptors (Lipinski definition) is 12. The van der Waals surface area contributed by atoms with Crippen LogP contribution in [0.1, 0.15) is 175 Å². The molecule has 5 fully saturated rings. The highest BCUT2D eigenvalue weighted by Crippen LogP contribution is 2.37. The van der Waals surface area contributed by atoms with Gasteiger partial charge in [0.1, 0.15) is 47.8 Å². The summed E-state index contributed by atoms with van der Waals surface area (Å²) in [4.78, 5) is 187. The van der Waals surface area contributed by atoms with E-state index in [0.29, 0.717) is 57.2 Å². The number of amides is 12. The number of nitrogens with zero attached hydrogens (tertiary/aromatic N) is 8. The summed E-state index contributed by atoms with van der Waals surface area (Å²) in [6.07, 6.45) is 3.42. The Morgan fingerprint density at radius 3 is 1.85 bits per heavy atom. The Morgan fingerprint density at radius 1 is 0.639 bits per heavy atom. The van der Waals surface area contributed by atoms with E-state index in [-0.39, 0.29) is 63.3 Å². The Bertz CT molecular complexity index is 3010. The van der Waals surface area contributed by atoms with Gasteiger partial charge in [0.2, 0.25) is 70.9 Å². The van der Waals surface area contributed by atoms with Crippen LogP contribution in [-0.4, -0.2) is 239 Å². The molecule has 28 heteroatoms. The van der Waals surface area contributed by atoms with E-state index in [1.807, 2.05) is 20.8 Å². The van der Waals surface area contributed by atoms with Crippen molar-refractivity contribution < 1.29 is 70.7 Å². The van der Waals surface area contributed by atoms with E-state index in [4.69, 9.17) is 11.6 Å². The van der Waals surface area contributed by atoms with Crippen LogP contribution in [0.3, 0.4) is 0 Å². The van der Waals surface area contributed by atoms with Gasteiger partial charge >= 0.3 is 6.18 Å². The van der Waals surface area contributed by atoms with Crippen molar-refractivity contribution in [1.82, 2.24) is 60.5 Å². The minimum Gasteiger partial charge on any atom is -0.343 e. The van der Waals surface area contributed by atoms with Gasteiger partial charge in [0.25, 0.3) is 0 Å². The SMILES string of the molecule is CC[C@H](C)[C@@H]1NC(=O)[C@H](CC(C)C)N(C)C(=O)C[C@@H](C(=O)N2CCCCC2)NC(=O)[C@H](C(C)C)N(C)C(=O)C2(CCCC2)NC(=O)C2CCCN2C(=O)[C@H](CCc2ccc(C(F)(F)F)c(Cl)c2)NC(=O)CN(C)C(=O)[C@H](CC2CCCCC2)N(C)C(=O)CN(C)C(=O)CN(C)C1=O. The quantitative estimate of drug-likeness (QED) is 0.224. The third-order valence-corrected chi connectivity index (χ3v) is 20.7. The van der Waals surface area contributed by atoms with Crippen LogP contribution >= 0.6 is 11.6 Å². The second-order valence-corrected chi connectivity index (χ2v) is 29.0. The van der Waals surface area contributed by atoms with E-state index in [0.717, 1.165) is 65.4 Å². The Labute approximate surface area is 574 Å². The standard InChI is InChI=1S/C69H106ClF3N12O12/c1-13-44(6)58-66(96)80(9)40-56(88)78(7)41-57(89)82(11)53(37-45-23-16-14-17-24-45)65(95)79(8)39-54(86)74-49(29-27-46-26-28-47(48(70)36-46)69(71,72)73)64(94)85-34-22-25-51(85)61(91)77-68(30-18-19-31-68)67(97)83(12)59(43(4)5)62(92)75-50(63(93)84-32-20-15-21-33-84)38-55(87)81(10)52(35-42(2)3)60(90)76-58/h26,28,36,42-45,49-53,58-59H,13-25,27,29-35,37-41H2,1-12H3,(H,74,86)(H,75,92)(H,76,90)(H,77,91)/t44-,49-,50-,51?,52-,53-,58-,59-/m0/s1. The van der Waals surface area contributed by atoms with E-state index in [9.17, 15) is 61.1 Å². The van der Waals surface area contributed by atoms with Crippen LogP contribution in [0.4, 0.5) is 13.2 Å². The second kappa shape index (κ2) is 35.1. The summed E-state index contributed by atoms with van der Waals surface area (Å²) < 4.78 is 41.5. The lowest BCUT2D eigenvalue weighted by atomic mass is 9.84. The van der Waals surface area contributed by atoms with Crippen LogP contribution in [0.25, 0.3) is 0 Å². The molecule has 0 aromatic heterocycles. The van der Waals surface area contributed by atoms with E-state index < -0.39 is 173 Å². The van der Waals surface area contributed by atoms with Crippen molar-refractivity contribution in [1.29, 1.82) is 0 Å². The number of nitrogens with one attached hydrogen (secondary N) is 4. The maximum absolute atomic E-state index is 15.3. The van der Waals surface area contributed by atoms with E-state index >= 15 is 9.59 Å². The smallest absolute Gasteiger partial charge is 0.343 e. The Hall–Kier alpha value is -7.06. The lowest BCUT2D eigenvalue weighted by Crippen LogP contribution is -2.65. The zero-order valence-corrected chi connectivity index (χ0v) is 59.7. The van der Waals surface area contributed by atoms with Crippen molar-refractivity contribution in [3.63, 3.8) is 0 Å². The third-order valence-electron chi connectivity index (χ3n) is 20.4. The summed E-state index contributed by atoms with van der Waals surface area (Å²) in [5.41, 5.74) is -2.36. The molecule has 3 heterocycles. The van der Waals surface area contributed by atoms with E-state index in [1.54, 1.807) is 25.7 Å². The number of benzene rings is 1. The average Bonchev–Trinajstić information content (AvgIpc) is 1.71. The lowest BCUT2D eigenvalue weighted by Gasteiger charge is -2.40. The van der Waals surface area contributed by atoms with Gasteiger partial charge in [-0.05, 0) is 112 Å². The molecule has 2 aliphatic carbocycles. The molecule has 8 atom stereocenters. The van der Waals surface area contributed by atoms with Gasteiger partial charge in [-0.1, -0.05) is 111 Å². The fraction of sp³-hybridized carbons (Fsp3) is 0.739. The number of piperidine rings is 1. The highest BCUT2D eigenvalue weighted by molar-refractivity contribution is 6.31. The number of rotatable bonds is 11.